The molecule has 0 radical (unpaired) electrons. The van der Waals surface area contributed by atoms with Crippen LogP contribution in [0.25, 0.3) is 0 Å². The van der Waals surface area contributed by atoms with Gasteiger partial charge in [0.1, 0.15) is 5.82 Å². The molecule has 1 aromatic carbocycles. The number of hydrogen-bond donors (Lipinski definition) is 1. The van der Waals surface area contributed by atoms with Crippen LogP contribution in [0.2, 0.25) is 0 Å². The van der Waals surface area contributed by atoms with Crippen molar-refractivity contribution in [1.29, 1.82) is 0 Å². The molecule has 0 bridgehead atoms. The van der Waals surface area contributed by atoms with Gasteiger partial charge < -0.3 is 5.73 Å². The smallest absolute Gasteiger partial charge is 0.137 e. The SMILES string of the molecule is Cc1cccc(C(N)Cc2cccc(F)c2Br)n1. The van der Waals surface area contributed by atoms with Gasteiger partial charge in [-0.15, -0.1) is 0 Å². The second kappa shape index (κ2) is 5.59. The van der Waals surface area contributed by atoms with E-state index < -0.39 is 0 Å². The molecule has 0 aliphatic heterocycles. The zero-order chi connectivity index (χ0) is 13.1. The molecule has 0 aliphatic rings. The summed E-state index contributed by atoms with van der Waals surface area (Å²) in [5, 5.41) is 0. The third-order valence-corrected chi connectivity index (χ3v) is 3.65. The number of nitrogens with zero attached hydrogens (tertiary/aromatic N) is 1. The normalized spacial score (nSPS) is 12.4. The molecule has 4 heteroatoms. The van der Waals surface area contributed by atoms with Crippen molar-refractivity contribution in [3.05, 3.63) is 63.6 Å². The number of rotatable bonds is 3. The van der Waals surface area contributed by atoms with Gasteiger partial charge in [-0.25, -0.2) is 4.39 Å². The van der Waals surface area contributed by atoms with E-state index in [9.17, 15) is 4.39 Å². The summed E-state index contributed by atoms with van der Waals surface area (Å²) in [5.74, 6) is -0.267. The molecular weight excluding hydrogens is 295 g/mol. The summed E-state index contributed by atoms with van der Waals surface area (Å²) in [5.41, 5.74) is 8.72. The third kappa shape index (κ3) is 2.94. The number of pyridine rings is 1. The van der Waals surface area contributed by atoms with Crippen molar-refractivity contribution in [3.63, 3.8) is 0 Å². The molecule has 0 aliphatic carbocycles. The molecule has 1 heterocycles. The molecule has 1 aromatic heterocycles. The largest absolute Gasteiger partial charge is 0.322 e. The Labute approximate surface area is 114 Å². The minimum Gasteiger partial charge on any atom is -0.322 e. The van der Waals surface area contributed by atoms with Gasteiger partial charge in [-0.05, 0) is 53.0 Å². The highest BCUT2D eigenvalue weighted by Gasteiger charge is 2.12. The van der Waals surface area contributed by atoms with Crippen LogP contribution in [0, 0.1) is 12.7 Å². The average molecular weight is 309 g/mol. The number of halogens is 2. The predicted octanol–water partition coefficient (Wildman–Crippen LogP) is 3.53. The van der Waals surface area contributed by atoms with Crippen molar-refractivity contribution in [2.24, 2.45) is 5.73 Å². The molecule has 1 atom stereocenters. The molecule has 0 saturated carbocycles. The van der Waals surface area contributed by atoms with E-state index in [0.717, 1.165) is 17.0 Å². The van der Waals surface area contributed by atoms with Crippen molar-refractivity contribution in [2.75, 3.05) is 0 Å². The molecule has 2 rings (SSSR count). The van der Waals surface area contributed by atoms with Gasteiger partial charge >= 0.3 is 0 Å². The van der Waals surface area contributed by atoms with Gasteiger partial charge in [0.05, 0.1) is 16.2 Å². The van der Waals surface area contributed by atoms with Crippen LogP contribution in [0.15, 0.2) is 40.9 Å². The van der Waals surface area contributed by atoms with E-state index in [2.05, 4.69) is 20.9 Å². The van der Waals surface area contributed by atoms with Crippen molar-refractivity contribution in [3.8, 4) is 0 Å². The highest BCUT2D eigenvalue weighted by atomic mass is 79.9. The fraction of sp³-hybridized carbons (Fsp3) is 0.214. The number of aromatic nitrogens is 1. The summed E-state index contributed by atoms with van der Waals surface area (Å²) in [4.78, 5) is 4.39. The number of hydrogen-bond acceptors (Lipinski definition) is 2. The highest BCUT2D eigenvalue weighted by Crippen LogP contribution is 2.24. The molecule has 1 unspecified atom stereocenters. The maximum atomic E-state index is 13.4. The fourth-order valence-electron chi connectivity index (χ4n) is 1.82. The minimum absolute atomic E-state index is 0.233. The van der Waals surface area contributed by atoms with Crippen LogP contribution in [-0.4, -0.2) is 4.98 Å². The topological polar surface area (TPSA) is 38.9 Å². The maximum absolute atomic E-state index is 13.4. The first kappa shape index (κ1) is 13.2. The molecule has 0 amide bonds. The van der Waals surface area contributed by atoms with Gasteiger partial charge in [0.15, 0.2) is 0 Å². The Hall–Kier alpha value is -1.26. The number of nitrogens with two attached hydrogens (primary N) is 1. The van der Waals surface area contributed by atoms with Crippen LogP contribution >= 0.6 is 15.9 Å². The lowest BCUT2D eigenvalue weighted by Crippen LogP contribution is -2.15. The Bertz CT molecular complexity index is 557. The Morgan fingerprint density at radius 3 is 2.72 bits per heavy atom. The minimum atomic E-state index is -0.267. The molecule has 2 aromatic rings. The molecular formula is C14H14BrFN2. The van der Waals surface area contributed by atoms with Crippen molar-refractivity contribution in [1.82, 2.24) is 4.98 Å². The van der Waals surface area contributed by atoms with Crippen LogP contribution in [0.4, 0.5) is 4.39 Å². The Morgan fingerprint density at radius 2 is 2.00 bits per heavy atom. The highest BCUT2D eigenvalue weighted by molar-refractivity contribution is 9.10. The van der Waals surface area contributed by atoms with Gasteiger partial charge in [-0.1, -0.05) is 18.2 Å². The van der Waals surface area contributed by atoms with E-state index in [1.54, 1.807) is 6.07 Å². The average Bonchev–Trinajstić information content (AvgIpc) is 2.35. The van der Waals surface area contributed by atoms with Crippen molar-refractivity contribution in [2.45, 2.75) is 19.4 Å². The summed E-state index contributed by atoms with van der Waals surface area (Å²) < 4.78 is 13.9. The maximum Gasteiger partial charge on any atom is 0.137 e. The van der Waals surface area contributed by atoms with Gasteiger partial charge in [-0.3, -0.25) is 4.98 Å². The lowest BCUT2D eigenvalue weighted by molar-refractivity contribution is 0.612. The summed E-state index contributed by atoms with van der Waals surface area (Å²) in [7, 11) is 0. The summed E-state index contributed by atoms with van der Waals surface area (Å²) in [6.07, 6.45) is 0.550. The van der Waals surface area contributed by atoms with E-state index in [1.165, 1.54) is 6.07 Å². The van der Waals surface area contributed by atoms with E-state index >= 15 is 0 Å². The molecule has 0 saturated heterocycles. The zero-order valence-corrected chi connectivity index (χ0v) is 11.6. The van der Waals surface area contributed by atoms with Gasteiger partial charge in [0, 0.05) is 5.69 Å². The fourth-order valence-corrected chi connectivity index (χ4v) is 2.24. The van der Waals surface area contributed by atoms with Crippen LogP contribution in [0.1, 0.15) is 23.0 Å². The Balaban J connectivity index is 2.21. The van der Waals surface area contributed by atoms with Gasteiger partial charge in [0.25, 0.3) is 0 Å². The number of aryl methyl sites for hydroxylation is 1. The van der Waals surface area contributed by atoms with E-state index in [4.69, 9.17) is 5.73 Å². The van der Waals surface area contributed by atoms with Gasteiger partial charge in [-0.2, -0.15) is 0 Å². The zero-order valence-electron chi connectivity index (χ0n) is 10.0. The monoisotopic (exact) mass is 308 g/mol. The van der Waals surface area contributed by atoms with E-state index in [0.29, 0.717) is 10.9 Å². The molecule has 0 spiro atoms. The lowest BCUT2D eigenvalue weighted by atomic mass is 10.0. The third-order valence-electron chi connectivity index (χ3n) is 2.76. The number of benzene rings is 1. The van der Waals surface area contributed by atoms with Crippen LogP contribution in [0.3, 0.4) is 0 Å². The lowest BCUT2D eigenvalue weighted by Gasteiger charge is -2.13. The molecule has 94 valence electrons. The molecule has 2 N–H and O–H groups in total. The van der Waals surface area contributed by atoms with Crippen molar-refractivity contribution >= 4 is 15.9 Å². The summed E-state index contributed by atoms with van der Waals surface area (Å²) >= 11 is 3.24. The van der Waals surface area contributed by atoms with E-state index in [-0.39, 0.29) is 11.9 Å². The van der Waals surface area contributed by atoms with Crippen LogP contribution < -0.4 is 5.73 Å². The summed E-state index contributed by atoms with van der Waals surface area (Å²) in [6, 6.07) is 10.5. The standard InChI is InChI=1S/C14H14BrFN2/c1-9-4-2-7-13(18-9)12(17)8-10-5-3-6-11(16)14(10)15/h2-7,12H,8,17H2,1H3. The quantitative estimate of drug-likeness (QED) is 0.942. The molecule has 0 fully saturated rings. The molecule has 18 heavy (non-hydrogen) atoms. The Kier molecular flexibility index (Phi) is 4.09. The first-order valence-corrected chi connectivity index (χ1v) is 6.49. The predicted molar refractivity (Wildman–Crippen MR) is 73.7 cm³/mol. The first-order chi connectivity index (χ1) is 8.58. The van der Waals surface area contributed by atoms with Gasteiger partial charge in [0.2, 0.25) is 0 Å². The molecule has 2 nitrogen and oxygen atoms in total. The first-order valence-electron chi connectivity index (χ1n) is 5.70. The Morgan fingerprint density at radius 1 is 1.28 bits per heavy atom. The van der Waals surface area contributed by atoms with Crippen molar-refractivity contribution < 1.29 is 4.39 Å². The van der Waals surface area contributed by atoms with Crippen LogP contribution in [0.5, 0.6) is 0 Å². The second-order valence-corrected chi connectivity index (χ2v) is 5.02. The summed E-state index contributed by atoms with van der Waals surface area (Å²) in [6.45, 7) is 1.92. The second-order valence-electron chi connectivity index (χ2n) is 4.23. The van der Waals surface area contributed by atoms with Crippen LogP contribution in [-0.2, 0) is 6.42 Å². The van der Waals surface area contributed by atoms with E-state index in [1.807, 2.05) is 31.2 Å².